The van der Waals surface area contributed by atoms with Crippen molar-refractivity contribution in [1.29, 1.82) is 0 Å². The molecule has 1 atom stereocenters. The second kappa shape index (κ2) is 8.67. The molecule has 0 rings (SSSR count). The second-order valence-electron chi connectivity index (χ2n) is 4.76. The minimum Gasteiger partial charge on any atom is -0.466 e. The van der Waals surface area contributed by atoms with Gasteiger partial charge in [0.1, 0.15) is 11.2 Å². The van der Waals surface area contributed by atoms with Crippen molar-refractivity contribution in [3.05, 3.63) is 0 Å². The van der Waals surface area contributed by atoms with Crippen molar-refractivity contribution in [2.45, 2.75) is 53.4 Å². The standard InChI is InChI=1S/C14H24O5/c1-5-18-13(17)14(4,11(2)15)9-7-6-8-10-19-12(3)16/h5-10H2,1-4H3. The zero-order valence-electron chi connectivity index (χ0n) is 12.3. The lowest BCUT2D eigenvalue weighted by molar-refractivity contribution is -0.159. The molecule has 19 heavy (non-hydrogen) atoms. The lowest BCUT2D eigenvalue weighted by atomic mass is 9.81. The summed E-state index contributed by atoms with van der Waals surface area (Å²) in [6, 6.07) is 0. The molecule has 0 aromatic rings. The van der Waals surface area contributed by atoms with Gasteiger partial charge in [-0.15, -0.1) is 0 Å². The van der Waals surface area contributed by atoms with Gasteiger partial charge in [-0.3, -0.25) is 14.4 Å². The molecular formula is C14H24O5. The first-order valence-electron chi connectivity index (χ1n) is 6.66. The highest BCUT2D eigenvalue weighted by atomic mass is 16.5. The van der Waals surface area contributed by atoms with Crippen molar-refractivity contribution in [3.63, 3.8) is 0 Å². The van der Waals surface area contributed by atoms with Gasteiger partial charge in [-0.25, -0.2) is 0 Å². The zero-order chi connectivity index (χ0) is 14.9. The SMILES string of the molecule is CCOC(=O)C(C)(CCCCCOC(C)=O)C(C)=O. The Bertz CT molecular complexity index is 324. The monoisotopic (exact) mass is 272 g/mol. The van der Waals surface area contributed by atoms with E-state index in [-0.39, 0.29) is 18.4 Å². The molecule has 0 saturated carbocycles. The summed E-state index contributed by atoms with van der Waals surface area (Å²) < 4.78 is 9.76. The zero-order valence-corrected chi connectivity index (χ0v) is 12.3. The van der Waals surface area contributed by atoms with Gasteiger partial charge in [-0.2, -0.15) is 0 Å². The highest BCUT2D eigenvalue weighted by Gasteiger charge is 2.38. The van der Waals surface area contributed by atoms with Crippen LogP contribution in [0.15, 0.2) is 0 Å². The van der Waals surface area contributed by atoms with Crippen molar-refractivity contribution in [2.24, 2.45) is 5.41 Å². The number of Topliss-reactive ketones (excluding diaryl/α,β-unsaturated/α-hetero) is 1. The van der Waals surface area contributed by atoms with E-state index in [1.54, 1.807) is 13.8 Å². The molecule has 0 aromatic heterocycles. The van der Waals surface area contributed by atoms with Gasteiger partial charge in [0.2, 0.25) is 0 Å². The molecule has 0 spiro atoms. The number of carbonyl (C=O) groups is 3. The molecule has 0 N–H and O–H groups in total. The number of esters is 2. The van der Waals surface area contributed by atoms with E-state index in [9.17, 15) is 14.4 Å². The first-order chi connectivity index (χ1) is 8.84. The smallest absolute Gasteiger partial charge is 0.319 e. The highest BCUT2D eigenvalue weighted by Crippen LogP contribution is 2.27. The predicted molar refractivity (Wildman–Crippen MR) is 70.5 cm³/mol. The first-order valence-corrected chi connectivity index (χ1v) is 6.66. The van der Waals surface area contributed by atoms with Crippen LogP contribution < -0.4 is 0 Å². The van der Waals surface area contributed by atoms with E-state index in [0.717, 1.165) is 19.3 Å². The molecule has 0 radical (unpaired) electrons. The Labute approximate surface area is 114 Å². The quantitative estimate of drug-likeness (QED) is 0.366. The van der Waals surface area contributed by atoms with Gasteiger partial charge in [-0.05, 0) is 33.6 Å². The summed E-state index contributed by atoms with van der Waals surface area (Å²) in [5, 5.41) is 0. The molecule has 0 aliphatic carbocycles. The van der Waals surface area contributed by atoms with Crippen molar-refractivity contribution in [3.8, 4) is 0 Å². The van der Waals surface area contributed by atoms with Crippen LogP contribution in [-0.2, 0) is 23.9 Å². The molecule has 0 fully saturated rings. The summed E-state index contributed by atoms with van der Waals surface area (Å²) in [5.74, 6) is -0.923. The summed E-state index contributed by atoms with van der Waals surface area (Å²) in [5.41, 5.74) is -1.06. The number of ether oxygens (including phenoxy) is 2. The van der Waals surface area contributed by atoms with E-state index in [2.05, 4.69) is 0 Å². The van der Waals surface area contributed by atoms with Crippen molar-refractivity contribution in [2.75, 3.05) is 13.2 Å². The highest BCUT2D eigenvalue weighted by molar-refractivity contribution is 6.02. The lowest BCUT2D eigenvalue weighted by Gasteiger charge is -2.24. The molecule has 0 aromatic carbocycles. The van der Waals surface area contributed by atoms with Crippen LogP contribution in [0.4, 0.5) is 0 Å². The molecule has 1 unspecified atom stereocenters. The Morgan fingerprint density at radius 1 is 1.00 bits per heavy atom. The number of hydrogen-bond donors (Lipinski definition) is 0. The second-order valence-corrected chi connectivity index (χ2v) is 4.76. The molecule has 5 nitrogen and oxygen atoms in total. The van der Waals surface area contributed by atoms with Gasteiger partial charge < -0.3 is 9.47 Å². The largest absolute Gasteiger partial charge is 0.466 e. The average Bonchev–Trinajstić information content (AvgIpc) is 2.32. The molecule has 110 valence electrons. The fourth-order valence-corrected chi connectivity index (χ4v) is 1.69. The summed E-state index contributed by atoms with van der Waals surface area (Å²) in [4.78, 5) is 34.0. The maximum absolute atomic E-state index is 11.8. The number of hydrogen-bond acceptors (Lipinski definition) is 5. The molecule has 5 heteroatoms. The van der Waals surface area contributed by atoms with Gasteiger partial charge in [0.05, 0.1) is 13.2 Å². The Morgan fingerprint density at radius 3 is 2.11 bits per heavy atom. The van der Waals surface area contributed by atoms with E-state index in [0.29, 0.717) is 13.0 Å². The third-order valence-corrected chi connectivity index (χ3v) is 3.13. The average molecular weight is 272 g/mol. The minimum absolute atomic E-state index is 0.175. The molecule has 0 amide bonds. The van der Waals surface area contributed by atoms with Gasteiger partial charge in [-0.1, -0.05) is 12.8 Å². The van der Waals surface area contributed by atoms with Crippen LogP contribution in [0.25, 0.3) is 0 Å². The van der Waals surface area contributed by atoms with Gasteiger partial charge in [0.15, 0.2) is 0 Å². The number of carbonyl (C=O) groups excluding carboxylic acids is 3. The van der Waals surface area contributed by atoms with E-state index < -0.39 is 11.4 Å². The summed E-state index contributed by atoms with van der Waals surface area (Å²) in [7, 11) is 0. The summed E-state index contributed by atoms with van der Waals surface area (Å²) in [6.45, 7) is 6.78. The fourth-order valence-electron chi connectivity index (χ4n) is 1.69. The molecule has 0 aliphatic heterocycles. The molecular weight excluding hydrogens is 248 g/mol. The normalized spacial score (nSPS) is 13.5. The van der Waals surface area contributed by atoms with Crippen LogP contribution in [0.1, 0.15) is 53.4 Å². The number of rotatable bonds is 9. The van der Waals surface area contributed by atoms with E-state index in [1.807, 2.05) is 0 Å². The fraction of sp³-hybridized carbons (Fsp3) is 0.786. The molecule has 0 heterocycles. The Morgan fingerprint density at radius 2 is 1.63 bits per heavy atom. The van der Waals surface area contributed by atoms with Crippen LogP contribution in [0, 0.1) is 5.41 Å². The first kappa shape index (κ1) is 17.6. The van der Waals surface area contributed by atoms with Crippen LogP contribution >= 0.6 is 0 Å². The van der Waals surface area contributed by atoms with E-state index in [4.69, 9.17) is 9.47 Å². The summed E-state index contributed by atoms with van der Waals surface area (Å²) >= 11 is 0. The van der Waals surface area contributed by atoms with Crippen molar-refractivity contribution >= 4 is 17.7 Å². The predicted octanol–water partition coefficient (Wildman–Crippen LogP) is 2.27. The van der Waals surface area contributed by atoms with E-state index in [1.165, 1.54) is 13.8 Å². The van der Waals surface area contributed by atoms with Gasteiger partial charge >= 0.3 is 11.9 Å². The third-order valence-electron chi connectivity index (χ3n) is 3.13. The maximum Gasteiger partial charge on any atom is 0.319 e. The third kappa shape index (κ3) is 6.36. The molecule has 0 saturated heterocycles. The summed E-state index contributed by atoms with van der Waals surface area (Å²) in [6.07, 6.45) is 2.71. The van der Waals surface area contributed by atoms with Gasteiger partial charge in [0.25, 0.3) is 0 Å². The number of unbranched alkanes of at least 4 members (excludes halogenated alkanes) is 2. The maximum atomic E-state index is 11.8. The van der Waals surface area contributed by atoms with Crippen LogP contribution in [0.5, 0.6) is 0 Å². The molecule has 0 bridgehead atoms. The van der Waals surface area contributed by atoms with Crippen LogP contribution in [0.2, 0.25) is 0 Å². The lowest BCUT2D eigenvalue weighted by Crippen LogP contribution is -2.36. The Kier molecular flexibility index (Phi) is 8.03. The number of ketones is 1. The van der Waals surface area contributed by atoms with Crippen molar-refractivity contribution in [1.82, 2.24) is 0 Å². The topological polar surface area (TPSA) is 69.7 Å². The van der Waals surface area contributed by atoms with Gasteiger partial charge in [0, 0.05) is 6.92 Å². The van der Waals surface area contributed by atoms with E-state index >= 15 is 0 Å². The minimum atomic E-state index is -1.06. The van der Waals surface area contributed by atoms with Crippen LogP contribution in [-0.4, -0.2) is 30.9 Å². The Balaban J connectivity index is 4.12. The van der Waals surface area contributed by atoms with Crippen LogP contribution in [0.3, 0.4) is 0 Å². The van der Waals surface area contributed by atoms with Crippen molar-refractivity contribution < 1.29 is 23.9 Å². The Hall–Kier alpha value is -1.39. The molecule has 0 aliphatic rings.